The van der Waals surface area contributed by atoms with Gasteiger partial charge in [0.1, 0.15) is 5.75 Å². The summed E-state index contributed by atoms with van der Waals surface area (Å²) in [5.74, 6) is 0.997. The lowest BCUT2D eigenvalue weighted by Crippen LogP contribution is -2.29. The number of likely N-dealkylation sites (tertiary alicyclic amines) is 1. The molecule has 0 unspecified atom stereocenters. The van der Waals surface area contributed by atoms with Crippen molar-refractivity contribution in [1.29, 1.82) is 0 Å². The predicted octanol–water partition coefficient (Wildman–Crippen LogP) is 5.10. The van der Waals surface area contributed by atoms with Gasteiger partial charge in [-0.2, -0.15) is 0 Å². The molecule has 3 heteroatoms. The Kier molecular flexibility index (Phi) is 5.56. The molecule has 0 spiro atoms. The van der Waals surface area contributed by atoms with Gasteiger partial charge in [-0.15, -0.1) is 0 Å². The average molecular weight is 348 g/mol. The third-order valence-electron chi connectivity index (χ3n) is 5.25. The van der Waals surface area contributed by atoms with Crippen molar-refractivity contribution in [3.63, 3.8) is 0 Å². The average Bonchev–Trinajstić information content (AvgIpc) is 3.10. The molecular weight excluding hydrogens is 320 g/mol. The highest BCUT2D eigenvalue weighted by molar-refractivity contribution is 5.79. The highest BCUT2D eigenvalue weighted by atomic mass is 16.5. The van der Waals surface area contributed by atoms with Gasteiger partial charge in [0.25, 0.3) is 0 Å². The van der Waals surface area contributed by atoms with Crippen molar-refractivity contribution < 1.29 is 4.74 Å². The van der Waals surface area contributed by atoms with E-state index < -0.39 is 0 Å². The minimum atomic E-state index is 0.750. The van der Waals surface area contributed by atoms with Crippen molar-refractivity contribution in [2.45, 2.75) is 38.8 Å². The van der Waals surface area contributed by atoms with E-state index in [0.717, 1.165) is 31.9 Å². The smallest absolute Gasteiger partial charge is 0.119 e. The number of aryl methyl sites for hydroxylation is 1. The van der Waals surface area contributed by atoms with Crippen LogP contribution in [-0.2, 0) is 13.1 Å². The quantitative estimate of drug-likeness (QED) is 0.553. The van der Waals surface area contributed by atoms with Crippen molar-refractivity contribution in [2.75, 3.05) is 19.7 Å². The van der Waals surface area contributed by atoms with Crippen LogP contribution in [0.4, 0.5) is 0 Å². The van der Waals surface area contributed by atoms with Gasteiger partial charge in [-0.05, 0) is 67.6 Å². The molecule has 0 N–H and O–H groups in total. The number of piperidine rings is 1. The van der Waals surface area contributed by atoms with E-state index in [2.05, 4.69) is 70.3 Å². The Hall–Kier alpha value is -2.26. The summed E-state index contributed by atoms with van der Waals surface area (Å²) in [4.78, 5) is 2.56. The van der Waals surface area contributed by atoms with Crippen LogP contribution < -0.4 is 4.74 Å². The third-order valence-corrected chi connectivity index (χ3v) is 5.25. The van der Waals surface area contributed by atoms with Gasteiger partial charge in [0.2, 0.25) is 0 Å². The first kappa shape index (κ1) is 17.2. The van der Waals surface area contributed by atoms with E-state index in [1.54, 1.807) is 0 Å². The Morgan fingerprint density at radius 1 is 0.885 bits per heavy atom. The van der Waals surface area contributed by atoms with E-state index in [1.807, 2.05) is 0 Å². The second-order valence-electron chi connectivity index (χ2n) is 7.25. The highest BCUT2D eigenvalue weighted by Gasteiger charge is 2.10. The first-order valence-electron chi connectivity index (χ1n) is 9.86. The number of rotatable bonds is 7. The summed E-state index contributed by atoms with van der Waals surface area (Å²) in [5, 5.41) is 1.30. The molecule has 4 rings (SSSR count). The first-order valence-corrected chi connectivity index (χ1v) is 9.86. The van der Waals surface area contributed by atoms with Gasteiger partial charge in [-0.3, -0.25) is 4.90 Å². The molecule has 0 radical (unpaired) electrons. The molecule has 1 aromatic heterocycles. The summed E-state index contributed by atoms with van der Waals surface area (Å²) < 4.78 is 8.33. The minimum Gasteiger partial charge on any atom is -0.494 e. The summed E-state index contributed by atoms with van der Waals surface area (Å²) in [6.45, 7) is 5.25. The van der Waals surface area contributed by atoms with Crippen LogP contribution in [0.2, 0.25) is 0 Å². The molecule has 0 bridgehead atoms. The Labute approximate surface area is 156 Å². The Morgan fingerprint density at radius 2 is 1.77 bits per heavy atom. The molecule has 1 aliphatic rings. The van der Waals surface area contributed by atoms with E-state index in [4.69, 9.17) is 4.74 Å². The molecule has 3 aromatic rings. The maximum Gasteiger partial charge on any atom is 0.119 e. The summed E-state index contributed by atoms with van der Waals surface area (Å²) in [6.07, 6.45) is 7.24. The van der Waals surface area contributed by atoms with Crippen molar-refractivity contribution in [3.8, 4) is 5.75 Å². The Balaban J connectivity index is 1.27. The first-order chi connectivity index (χ1) is 12.9. The molecule has 0 saturated carbocycles. The normalized spacial score (nSPS) is 15.4. The van der Waals surface area contributed by atoms with Crippen molar-refractivity contribution in [3.05, 3.63) is 66.4 Å². The number of hydrogen-bond donors (Lipinski definition) is 0. The largest absolute Gasteiger partial charge is 0.494 e. The fourth-order valence-corrected chi connectivity index (χ4v) is 3.87. The van der Waals surface area contributed by atoms with E-state index >= 15 is 0 Å². The number of nitrogens with zero attached hydrogens (tertiary/aromatic N) is 2. The maximum absolute atomic E-state index is 6.01. The Bertz CT molecular complexity index is 833. The fraction of sp³-hybridized carbons (Fsp3) is 0.391. The SMILES string of the molecule is c1cc(CN2CCCCC2)cc(OCCCn2ccc3ccccc32)c1. The zero-order chi connectivity index (χ0) is 17.6. The molecule has 3 nitrogen and oxygen atoms in total. The molecule has 0 aliphatic carbocycles. The van der Waals surface area contributed by atoms with Crippen molar-refractivity contribution >= 4 is 10.9 Å². The molecule has 26 heavy (non-hydrogen) atoms. The van der Waals surface area contributed by atoms with E-state index in [1.165, 1.54) is 48.8 Å². The van der Waals surface area contributed by atoms with Gasteiger partial charge in [0.15, 0.2) is 0 Å². The van der Waals surface area contributed by atoms with Crippen LogP contribution in [0.1, 0.15) is 31.2 Å². The summed E-state index contributed by atoms with van der Waals surface area (Å²) in [5.41, 5.74) is 2.66. The molecule has 0 amide bonds. The monoisotopic (exact) mass is 348 g/mol. The Morgan fingerprint density at radius 3 is 2.69 bits per heavy atom. The van der Waals surface area contributed by atoms with Crippen LogP contribution in [0.25, 0.3) is 10.9 Å². The molecule has 0 atom stereocenters. The van der Waals surface area contributed by atoms with Gasteiger partial charge in [0, 0.05) is 24.8 Å². The van der Waals surface area contributed by atoms with Crippen LogP contribution in [0.15, 0.2) is 60.8 Å². The van der Waals surface area contributed by atoms with E-state index in [-0.39, 0.29) is 0 Å². The van der Waals surface area contributed by atoms with E-state index in [0.29, 0.717) is 0 Å². The van der Waals surface area contributed by atoms with Crippen LogP contribution in [0.3, 0.4) is 0 Å². The summed E-state index contributed by atoms with van der Waals surface area (Å²) >= 11 is 0. The minimum absolute atomic E-state index is 0.750. The molecule has 1 aliphatic heterocycles. The van der Waals surface area contributed by atoms with E-state index in [9.17, 15) is 0 Å². The molecule has 2 aromatic carbocycles. The zero-order valence-electron chi connectivity index (χ0n) is 15.4. The van der Waals surface area contributed by atoms with Crippen LogP contribution in [0, 0.1) is 0 Å². The van der Waals surface area contributed by atoms with Gasteiger partial charge in [-0.1, -0.05) is 36.8 Å². The number of ether oxygens (including phenoxy) is 1. The topological polar surface area (TPSA) is 17.4 Å². The number of fused-ring (bicyclic) bond motifs is 1. The second-order valence-corrected chi connectivity index (χ2v) is 7.25. The highest BCUT2D eigenvalue weighted by Crippen LogP contribution is 2.18. The fourth-order valence-electron chi connectivity index (χ4n) is 3.87. The number of para-hydroxylation sites is 1. The van der Waals surface area contributed by atoms with Crippen LogP contribution >= 0.6 is 0 Å². The lowest BCUT2D eigenvalue weighted by molar-refractivity contribution is 0.220. The van der Waals surface area contributed by atoms with Crippen molar-refractivity contribution in [2.24, 2.45) is 0 Å². The summed E-state index contributed by atoms with van der Waals surface area (Å²) in [7, 11) is 0. The standard InChI is InChI=1S/C23H28N2O/c1-4-13-24(14-5-1)19-20-8-6-10-22(18-20)26-17-7-15-25-16-12-21-9-2-3-11-23(21)25/h2-3,6,8-12,16,18H,1,4-5,7,13-15,17,19H2. The number of hydrogen-bond acceptors (Lipinski definition) is 2. The molecule has 136 valence electrons. The van der Waals surface area contributed by atoms with Crippen LogP contribution in [0.5, 0.6) is 5.75 Å². The maximum atomic E-state index is 6.01. The van der Waals surface area contributed by atoms with Gasteiger partial charge in [-0.25, -0.2) is 0 Å². The van der Waals surface area contributed by atoms with Crippen LogP contribution in [-0.4, -0.2) is 29.2 Å². The zero-order valence-corrected chi connectivity index (χ0v) is 15.4. The van der Waals surface area contributed by atoms with Gasteiger partial charge >= 0.3 is 0 Å². The number of aromatic nitrogens is 1. The molecule has 1 saturated heterocycles. The van der Waals surface area contributed by atoms with Gasteiger partial charge < -0.3 is 9.30 Å². The number of benzene rings is 2. The molecule has 1 fully saturated rings. The lowest BCUT2D eigenvalue weighted by atomic mass is 10.1. The predicted molar refractivity (Wildman–Crippen MR) is 108 cm³/mol. The van der Waals surface area contributed by atoms with Gasteiger partial charge in [0.05, 0.1) is 6.61 Å². The lowest BCUT2D eigenvalue weighted by Gasteiger charge is -2.26. The molecular formula is C23H28N2O. The summed E-state index contributed by atoms with van der Waals surface area (Å²) in [6, 6.07) is 19.3. The third kappa shape index (κ3) is 4.28. The van der Waals surface area contributed by atoms with Crippen molar-refractivity contribution in [1.82, 2.24) is 9.47 Å². The second kappa shape index (κ2) is 8.41. The molecule has 2 heterocycles.